The highest BCUT2D eigenvalue weighted by Crippen LogP contribution is 2.40. The van der Waals surface area contributed by atoms with Crippen LogP contribution in [-0.4, -0.2) is 52.6 Å². The molecule has 1 N–H and O–H groups in total. The maximum Gasteiger partial charge on any atom is 0.407 e. The van der Waals surface area contributed by atoms with E-state index < -0.39 is 6.09 Å². The van der Waals surface area contributed by atoms with E-state index in [4.69, 9.17) is 0 Å². The normalized spacial score (nSPS) is 24.6. The Morgan fingerprint density at radius 1 is 1.28 bits per heavy atom. The van der Waals surface area contributed by atoms with Crippen molar-refractivity contribution in [2.45, 2.75) is 65.8 Å². The number of hydrogen-bond acceptors (Lipinski definition) is 2. The fourth-order valence-electron chi connectivity index (χ4n) is 4.13. The topological polar surface area (TPSA) is 60.9 Å². The second kappa shape index (κ2) is 8.07. The molecule has 0 aromatic rings. The minimum Gasteiger partial charge on any atom is -0.465 e. The highest BCUT2D eigenvalue weighted by molar-refractivity contribution is 5.88. The molecule has 0 aromatic heterocycles. The lowest BCUT2D eigenvalue weighted by atomic mass is 9.72. The molecule has 1 fully saturated rings. The fraction of sp³-hybridized carbons (Fsp3) is 0.700. The number of hydrogen-bond donors (Lipinski definition) is 1. The second-order valence-electron chi connectivity index (χ2n) is 7.94. The lowest BCUT2D eigenvalue weighted by molar-refractivity contribution is -0.126. The Labute approximate surface area is 151 Å². The van der Waals surface area contributed by atoms with Gasteiger partial charge in [0.2, 0.25) is 5.91 Å². The van der Waals surface area contributed by atoms with E-state index >= 15 is 0 Å². The third-order valence-corrected chi connectivity index (χ3v) is 5.66. The largest absolute Gasteiger partial charge is 0.465 e. The van der Waals surface area contributed by atoms with E-state index in [1.807, 2.05) is 13.0 Å². The van der Waals surface area contributed by atoms with Gasteiger partial charge in [0.05, 0.1) is 6.04 Å². The number of rotatable bonds is 3. The van der Waals surface area contributed by atoms with Crippen LogP contribution in [0.5, 0.6) is 0 Å². The van der Waals surface area contributed by atoms with E-state index in [0.717, 1.165) is 19.3 Å². The molecule has 1 aliphatic heterocycles. The predicted octanol–water partition coefficient (Wildman–Crippen LogP) is 4.06. The van der Waals surface area contributed by atoms with Gasteiger partial charge in [0.1, 0.15) is 0 Å². The standard InChI is InChI=1S/C20H32N2O3/c1-5-16-14-21(12-7-13-22(16)19(24)25)18(23)10-9-17-15(2)8-6-11-20(17,3)4/h9-10,16H,5-8,11-14H2,1-4H3,(H,24,25)/b10-9+. The van der Waals surface area contributed by atoms with Gasteiger partial charge in [-0.1, -0.05) is 32.4 Å². The Kier molecular flexibility index (Phi) is 6.31. The number of carbonyl (C=O) groups is 2. The molecule has 0 radical (unpaired) electrons. The van der Waals surface area contributed by atoms with Crippen molar-refractivity contribution < 1.29 is 14.7 Å². The molecule has 25 heavy (non-hydrogen) atoms. The van der Waals surface area contributed by atoms with Crippen molar-refractivity contribution >= 4 is 12.0 Å². The summed E-state index contributed by atoms with van der Waals surface area (Å²) in [5.41, 5.74) is 2.77. The molecule has 2 aliphatic rings. The van der Waals surface area contributed by atoms with E-state index in [2.05, 4.69) is 20.8 Å². The Bertz CT molecular complexity index is 577. The summed E-state index contributed by atoms with van der Waals surface area (Å²) in [5, 5.41) is 9.35. The monoisotopic (exact) mass is 348 g/mol. The van der Waals surface area contributed by atoms with Crippen molar-refractivity contribution in [3.8, 4) is 0 Å². The van der Waals surface area contributed by atoms with Crippen molar-refractivity contribution in [2.75, 3.05) is 19.6 Å². The maximum atomic E-state index is 12.7. The van der Waals surface area contributed by atoms with Gasteiger partial charge in [-0.05, 0) is 50.0 Å². The molecule has 1 unspecified atom stereocenters. The van der Waals surface area contributed by atoms with Crippen LogP contribution in [0.1, 0.15) is 59.8 Å². The lowest BCUT2D eigenvalue weighted by Gasteiger charge is -2.33. The Morgan fingerprint density at radius 3 is 2.60 bits per heavy atom. The molecule has 5 nitrogen and oxygen atoms in total. The SMILES string of the molecule is CCC1CN(C(=O)/C=C/C2=C(C)CCCC2(C)C)CCCN1C(=O)O. The van der Waals surface area contributed by atoms with Crippen molar-refractivity contribution in [1.82, 2.24) is 9.80 Å². The van der Waals surface area contributed by atoms with Gasteiger partial charge in [0.15, 0.2) is 0 Å². The van der Waals surface area contributed by atoms with Crippen LogP contribution in [-0.2, 0) is 4.79 Å². The Hall–Kier alpha value is -1.78. The van der Waals surface area contributed by atoms with Gasteiger partial charge in [-0.25, -0.2) is 4.79 Å². The van der Waals surface area contributed by atoms with Crippen LogP contribution in [0.15, 0.2) is 23.3 Å². The van der Waals surface area contributed by atoms with Gasteiger partial charge in [-0.3, -0.25) is 4.79 Å². The van der Waals surface area contributed by atoms with Gasteiger partial charge < -0.3 is 14.9 Å². The molecular weight excluding hydrogens is 316 g/mol. The van der Waals surface area contributed by atoms with Gasteiger partial charge in [-0.15, -0.1) is 0 Å². The smallest absolute Gasteiger partial charge is 0.407 e. The van der Waals surface area contributed by atoms with Crippen molar-refractivity contribution in [3.05, 3.63) is 23.3 Å². The summed E-state index contributed by atoms with van der Waals surface area (Å²) in [6.07, 6.45) is 7.67. The van der Waals surface area contributed by atoms with E-state index in [-0.39, 0.29) is 17.4 Å². The predicted molar refractivity (Wildman–Crippen MR) is 99.5 cm³/mol. The van der Waals surface area contributed by atoms with Crippen molar-refractivity contribution in [3.63, 3.8) is 0 Å². The Morgan fingerprint density at radius 2 is 2.00 bits per heavy atom. The molecule has 1 saturated heterocycles. The zero-order chi connectivity index (χ0) is 18.6. The number of amides is 2. The molecule has 1 heterocycles. The first-order chi connectivity index (χ1) is 11.8. The molecule has 0 saturated carbocycles. The first-order valence-electron chi connectivity index (χ1n) is 9.43. The third-order valence-electron chi connectivity index (χ3n) is 5.66. The molecule has 2 amide bonds. The minimum absolute atomic E-state index is 0.00707. The molecule has 0 spiro atoms. The first-order valence-corrected chi connectivity index (χ1v) is 9.43. The van der Waals surface area contributed by atoms with E-state index in [1.54, 1.807) is 11.0 Å². The quantitative estimate of drug-likeness (QED) is 0.782. The number of nitrogens with zero attached hydrogens (tertiary/aromatic N) is 2. The molecule has 0 bridgehead atoms. The zero-order valence-electron chi connectivity index (χ0n) is 16.0. The summed E-state index contributed by atoms with van der Waals surface area (Å²) >= 11 is 0. The van der Waals surface area contributed by atoms with E-state index in [0.29, 0.717) is 26.1 Å². The molecule has 0 aromatic carbocycles. The average Bonchev–Trinajstić information content (AvgIpc) is 2.76. The lowest BCUT2D eigenvalue weighted by Crippen LogP contribution is -2.44. The molecule has 5 heteroatoms. The maximum absolute atomic E-state index is 12.7. The molecule has 1 atom stereocenters. The molecule has 1 aliphatic carbocycles. The van der Waals surface area contributed by atoms with Gasteiger partial charge in [0, 0.05) is 25.7 Å². The van der Waals surface area contributed by atoms with Crippen LogP contribution in [0.2, 0.25) is 0 Å². The summed E-state index contributed by atoms with van der Waals surface area (Å²) < 4.78 is 0. The highest BCUT2D eigenvalue weighted by Gasteiger charge is 2.29. The van der Waals surface area contributed by atoms with Crippen molar-refractivity contribution in [2.24, 2.45) is 5.41 Å². The highest BCUT2D eigenvalue weighted by atomic mass is 16.4. The summed E-state index contributed by atoms with van der Waals surface area (Å²) in [6.45, 7) is 10.2. The molecule has 140 valence electrons. The van der Waals surface area contributed by atoms with Crippen molar-refractivity contribution in [1.29, 1.82) is 0 Å². The van der Waals surface area contributed by atoms with Gasteiger partial charge >= 0.3 is 6.09 Å². The second-order valence-corrected chi connectivity index (χ2v) is 7.94. The third kappa shape index (κ3) is 4.65. The minimum atomic E-state index is -0.888. The van der Waals surface area contributed by atoms with Crippen LogP contribution in [0.25, 0.3) is 0 Å². The van der Waals surface area contributed by atoms with E-state index in [1.165, 1.54) is 22.5 Å². The summed E-state index contributed by atoms with van der Waals surface area (Å²) in [4.78, 5) is 27.4. The first kappa shape index (κ1) is 19.5. The molecule has 2 rings (SSSR count). The van der Waals surface area contributed by atoms with Crippen LogP contribution in [0.4, 0.5) is 4.79 Å². The van der Waals surface area contributed by atoms with Crippen LogP contribution >= 0.6 is 0 Å². The summed E-state index contributed by atoms with van der Waals surface area (Å²) in [5.74, 6) is -0.00707. The fourth-order valence-corrected chi connectivity index (χ4v) is 4.13. The van der Waals surface area contributed by atoms with Crippen LogP contribution in [0.3, 0.4) is 0 Å². The zero-order valence-corrected chi connectivity index (χ0v) is 16.0. The number of carboxylic acid groups (broad SMARTS) is 1. The Balaban J connectivity index is 2.11. The number of allylic oxidation sites excluding steroid dienone is 3. The molecular formula is C20H32N2O3. The van der Waals surface area contributed by atoms with E-state index in [9.17, 15) is 14.7 Å². The summed E-state index contributed by atoms with van der Waals surface area (Å²) in [6, 6.07) is -0.121. The number of carbonyl (C=O) groups excluding carboxylic acids is 1. The van der Waals surface area contributed by atoms with Crippen LogP contribution < -0.4 is 0 Å². The average molecular weight is 348 g/mol. The van der Waals surface area contributed by atoms with Gasteiger partial charge in [-0.2, -0.15) is 0 Å². The van der Waals surface area contributed by atoms with Gasteiger partial charge in [0.25, 0.3) is 0 Å². The summed E-state index contributed by atoms with van der Waals surface area (Å²) in [7, 11) is 0. The van der Waals surface area contributed by atoms with Crippen LogP contribution in [0, 0.1) is 5.41 Å².